The fourth-order valence-corrected chi connectivity index (χ4v) is 15.6. The van der Waals surface area contributed by atoms with Gasteiger partial charge in [0.2, 0.25) is 0 Å². The van der Waals surface area contributed by atoms with Gasteiger partial charge in [-0.1, -0.05) is 0 Å². The molecular weight excluding hydrogens is 395 g/mol. The fraction of sp³-hybridized carbons (Fsp3) is 1.00. The number of hydrogen-bond acceptors (Lipinski definition) is 3. The van der Waals surface area contributed by atoms with Gasteiger partial charge in [0.25, 0.3) is 0 Å². The van der Waals surface area contributed by atoms with E-state index in [4.69, 9.17) is 13.7 Å². The molecule has 1 N–H and O–H groups in total. The molecule has 0 radical (unpaired) electrons. The maximum atomic E-state index is 8.20. The molecule has 0 aromatic rings. The predicted octanol–water partition coefficient (Wildman–Crippen LogP) is 6.57. The van der Waals surface area contributed by atoms with Crippen molar-refractivity contribution < 1.29 is 13.1 Å². The first kappa shape index (κ1) is 21.2. The molecule has 136 valence electrons. The fourth-order valence-electron chi connectivity index (χ4n) is 3.49. The van der Waals surface area contributed by atoms with Gasteiger partial charge in [0, 0.05) is 0 Å². The summed E-state index contributed by atoms with van der Waals surface area (Å²) in [6.07, 6.45) is 13.4. The first-order chi connectivity index (χ1) is 11.2. The molecule has 4 nitrogen and oxygen atoms in total. The minimum absolute atomic E-state index is 0.233. The van der Waals surface area contributed by atoms with E-state index in [2.05, 4.69) is 20.8 Å². The molecule has 0 aliphatic heterocycles. The van der Waals surface area contributed by atoms with Crippen LogP contribution in [0.1, 0.15) is 91.4 Å². The van der Waals surface area contributed by atoms with E-state index in [-0.39, 0.29) is 6.04 Å². The molecule has 23 heavy (non-hydrogen) atoms. The van der Waals surface area contributed by atoms with E-state index in [1.165, 1.54) is 76.0 Å². The van der Waals surface area contributed by atoms with Crippen LogP contribution in [0.3, 0.4) is 0 Å². The van der Waals surface area contributed by atoms with Gasteiger partial charge in [-0.05, 0) is 0 Å². The van der Waals surface area contributed by atoms with Crippen molar-refractivity contribution in [3.05, 3.63) is 0 Å². The van der Waals surface area contributed by atoms with Gasteiger partial charge in [-0.15, -0.1) is 0 Å². The van der Waals surface area contributed by atoms with Crippen LogP contribution in [0.15, 0.2) is 0 Å². The number of hydrogen-bond donors (Lipinski definition) is 1. The molecule has 0 aromatic carbocycles. The van der Waals surface area contributed by atoms with Crippen molar-refractivity contribution in [1.82, 2.24) is 0 Å². The number of nitrogens with one attached hydrogen (secondary N) is 1. The number of unbranched alkanes of at least 4 members (excludes halogenated alkanes) is 3. The Morgan fingerprint density at radius 1 is 0.870 bits per heavy atom. The summed E-state index contributed by atoms with van der Waals surface area (Å²) in [4.78, 5) is 6.93. The zero-order chi connectivity index (χ0) is 17.0. The number of nitrogens with zero attached hydrogens (tertiary/aromatic N) is 1. The van der Waals surface area contributed by atoms with Crippen molar-refractivity contribution in [2.45, 2.75) is 111 Å². The first-order valence-electron chi connectivity index (χ1n) is 10.0. The third-order valence-electron chi connectivity index (χ3n) is 5.16. The van der Waals surface area contributed by atoms with Gasteiger partial charge in [-0.25, -0.2) is 0 Å². The van der Waals surface area contributed by atoms with Crippen LogP contribution in [-0.4, -0.2) is 29.7 Å². The Morgan fingerprint density at radius 3 is 1.78 bits per heavy atom. The topological polar surface area (TPSA) is 45.3 Å². The molecule has 1 saturated carbocycles. The second-order valence-corrected chi connectivity index (χ2v) is 18.8. The quantitative estimate of drug-likeness (QED) is 0.117. The molecule has 0 unspecified atom stereocenters. The van der Waals surface area contributed by atoms with E-state index in [9.17, 15) is 0 Å². The Kier molecular flexibility index (Phi) is 11.5. The van der Waals surface area contributed by atoms with E-state index in [1.54, 1.807) is 0 Å². The maximum absolute atomic E-state index is 8.20. The average Bonchev–Trinajstić information content (AvgIpc) is 2.61. The summed E-state index contributed by atoms with van der Waals surface area (Å²) < 4.78 is 9.96. The summed E-state index contributed by atoms with van der Waals surface area (Å²) in [5, 5.41) is 0. The third-order valence-corrected chi connectivity index (χ3v) is 17.2. The van der Waals surface area contributed by atoms with Crippen LogP contribution in [-0.2, 0) is 8.21 Å². The molecule has 1 aliphatic rings. The zero-order valence-electron chi connectivity index (χ0n) is 15.7. The monoisotopic (exact) mass is 435 g/mol. The van der Waals surface area contributed by atoms with E-state index in [0.29, 0.717) is 0 Å². The molecule has 5 heteroatoms. The Bertz CT molecular complexity index is 298. The molecule has 0 spiro atoms. The molecule has 1 fully saturated rings. The van der Waals surface area contributed by atoms with Gasteiger partial charge in [0.1, 0.15) is 0 Å². The molecule has 0 bridgehead atoms. The molecule has 0 atom stereocenters. The van der Waals surface area contributed by atoms with Crippen LogP contribution in [0.25, 0.3) is 0 Å². The summed E-state index contributed by atoms with van der Waals surface area (Å²) in [5.41, 5.74) is 8.20. The molecule has 0 aromatic heterocycles. The Morgan fingerprint density at radius 2 is 1.35 bits per heavy atom. The summed E-state index contributed by atoms with van der Waals surface area (Å²) in [5.74, 6) is 0. The van der Waals surface area contributed by atoms with Crippen LogP contribution in [0.5, 0.6) is 0 Å². The van der Waals surface area contributed by atoms with Gasteiger partial charge in [-0.2, -0.15) is 0 Å². The first-order valence-corrected chi connectivity index (χ1v) is 17.3. The van der Waals surface area contributed by atoms with Gasteiger partial charge in [-0.3, -0.25) is 0 Å². The average molecular weight is 434 g/mol. The van der Waals surface area contributed by atoms with Crippen molar-refractivity contribution in [2.75, 3.05) is 0 Å². The van der Waals surface area contributed by atoms with E-state index in [1.807, 2.05) is 0 Å². The Hall–Kier alpha value is 0.159. The second-order valence-electron chi connectivity index (χ2n) is 7.27. The van der Waals surface area contributed by atoms with Crippen molar-refractivity contribution in [2.24, 2.45) is 0 Å². The number of hydroxylamine groups is 1. The molecule has 1 rings (SSSR count). The van der Waals surface area contributed by atoms with Crippen molar-refractivity contribution in [3.8, 4) is 0 Å². The van der Waals surface area contributed by atoms with Crippen molar-refractivity contribution in [1.29, 1.82) is 5.53 Å². The minimum atomic E-state index is -2.72. The summed E-state index contributed by atoms with van der Waals surface area (Å²) in [7, 11) is 0. The van der Waals surface area contributed by atoms with Crippen LogP contribution in [0, 0.1) is 5.53 Å². The second kappa shape index (κ2) is 12.5. The Labute approximate surface area is 148 Å². The van der Waals surface area contributed by atoms with Crippen molar-refractivity contribution >= 4 is 18.8 Å². The number of rotatable bonds is 13. The van der Waals surface area contributed by atoms with Crippen LogP contribution in [0.2, 0.25) is 13.3 Å². The van der Waals surface area contributed by atoms with Crippen LogP contribution < -0.4 is 0 Å². The Balaban J connectivity index is 2.61. The normalized spacial score (nSPS) is 16.5. The van der Waals surface area contributed by atoms with Gasteiger partial charge in [0.15, 0.2) is 0 Å². The van der Waals surface area contributed by atoms with Gasteiger partial charge in [0.05, 0.1) is 0 Å². The molecular formula is C18H39N2O2Sn+. The molecule has 1 aliphatic carbocycles. The summed E-state index contributed by atoms with van der Waals surface area (Å²) in [6.45, 7) is 6.78. The van der Waals surface area contributed by atoms with Crippen molar-refractivity contribution in [3.63, 3.8) is 0 Å². The zero-order valence-corrected chi connectivity index (χ0v) is 18.6. The summed E-state index contributed by atoms with van der Waals surface area (Å²) in [6, 6.07) is 0.233. The third kappa shape index (κ3) is 8.19. The standard InChI is InChI=1S/C6H12N2O2.3C4H9.Sn/c7-8(10-9)6-4-2-1-3-5-6;3*1-3-4-2;/h6-7H,1-5H2;3*1,3-4H2,2H3;/q;;;;+1. The predicted molar refractivity (Wildman–Crippen MR) is 96.9 cm³/mol. The summed E-state index contributed by atoms with van der Waals surface area (Å²) >= 11 is -2.72. The van der Waals surface area contributed by atoms with Gasteiger partial charge >= 0.3 is 148 Å². The molecule has 0 amide bonds. The molecule has 0 heterocycles. The van der Waals surface area contributed by atoms with E-state index >= 15 is 0 Å². The van der Waals surface area contributed by atoms with E-state index in [0.717, 1.165) is 12.8 Å². The van der Waals surface area contributed by atoms with Crippen LogP contribution in [0.4, 0.5) is 0 Å². The SMILES string of the molecule is CCC[CH2][Sn]([CH2]CCC)([CH2]CCC)[O]O[N+](=N)C1CCCCC1. The van der Waals surface area contributed by atoms with Crippen LogP contribution >= 0.6 is 0 Å². The van der Waals surface area contributed by atoms with Gasteiger partial charge < -0.3 is 0 Å². The molecule has 0 saturated heterocycles. The van der Waals surface area contributed by atoms with E-state index < -0.39 is 18.8 Å².